The lowest BCUT2D eigenvalue weighted by atomic mass is 10.3. The number of rotatable bonds is 5. The SMILES string of the molecule is CCOc1cccn2c(C(=O)Nc3cccc(SC)c3)c(C)nc12. The Balaban J connectivity index is 1.97. The number of hydrogen-bond donors (Lipinski definition) is 1. The third-order valence-corrected chi connectivity index (χ3v) is 4.36. The molecule has 0 spiro atoms. The molecule has 2 aromatic heterocycles. The van der Waals surface area contributed by atoms with Crippen molar-refractivity contribution in [3.8, 4) is 5.75 Å². The van der Waals surface area contributed by atoms with Gasteiger partial charge in [0.2, 0.25) is 0 Å². The van der Waals surface area contributed by atoms with E-state index in [9.17, 15) is 4.79 Å². The van der Waals surface area contributed by atoms with Crippen LogP contribution in [0, 0.1) is 6.92 Å². The standard InChI is InChI=1S/C18H19N3O2S/c1-4-23-15-9-6-10-21-16(12(2)19-17(15)21)18(22)20-13-7-5-8-14(11-13)24-3/h5-11H,4H2,1-3H3,(H,20,22). The molecule has 0 bridgehead atoms. The van der Waals surface area contributed by atoms with Crippen LogP contribution in [0.3, 0.4) is 0 Å². The average molecular weight is 341 g/mol. The number of anilines is 1. The Hall–Kier alpha value is -2.47. The van der Waals surface area contributed by atoms with Gasteiger partial charge in [-0.3, -0.25) is 9.20 Å². The molecule has 0 aliphatic heterocycles. The smallest absolute Gasteiger partial charge is 0.274 e. The molecule has 3 aromatic rings. The van der Waals surface area contributed by atoms with Crippen LogP contribution in [0.2, 0.25) is 0 Å². The maximum atomic E-state index is 12.8. The Morgan fingerprint density at radius 1 is 1.33 bits per heavy atom. The summed E-state index contributed by atoms with van der Waals surface area (Å²) in [7, 11) is 0. The van der Waals surface area contributed by atoms with Crippen molar-refractivity contribution < 1.29 is 9.53 Å². The fourth-order valence-electron chi connectivity index (χ4n) is 2.59. The quantitative estimate of drug-likeness (QED) is 0.712. The van der Waals surface area contributed by atoms with E-state index in [0.29, 0.717) is 29.4 Å². The van der Waals surface area contributed by atoms with Crippen molar-refractivity contribution in [1.29, 1.82) is 0 Å². The van der Waals surface area contributed by atoms with Crippen molar-refractivity contribution in [3.05, 3.63) is 54.0 Å². The molecule has 0 fully saturated rings. The van der Waals surface area contributed by atoms with E-state index in [4.69, 9.17) is 4.74 Å². The van der Waals surface area contributed by atoms with E-state index in [1.807, 2.05) is 62.7 Å². The molecule has 1 amide bonds. The van der Waals surface area contributed by atoms with Crippen LogP contribution >= 0.6 is 11.8 Å². The van der Waals surface area contributed by atoms with Gasteiger partial charge in [-0.05, 0) is 50.4 Å². The van der Waals surface area contributed by atoms with Crippen LogP contribution in [0.4, 0.5) is 5.69 Å². The number of nitrogens with zero attached hydrogens (tertiary/aromatic N) is 2. The van der Waals surface area contributed by atoms with Crippen LogP contribution in [0.15, 0.2) is 47.5 Å². The van der Waals surface area contributed by atoms with E-state index in [2.05, 4.69) is 10.3 Å². The van der Waals surface area contributed by atoms with Gasteiger partial charge in [-0.1, -0.05) is 6.07 Å². The van der Waals surface area contributed by atoms with E-state index in [-0.39, 0.29) is 5.91 Å². The zero-order valence-corrected chi connectivity index (χ0v) is 14.7. The van der Waals surface area contributed by atoms with Gasteiger partial charge >= 0.3 is 0 Å². The Labute approximate surface area is 145 Å². The van der Waals surface area contributed by atoms with Gasteiger partial charge in [-0.2, -0.15) is 0 Å². The van der Waals surface area contributed by atoms with Gasteiger partial charge in [-0.25, -0.2) is 4.98 Å². The summed E-state index contributed by atoms with van der Waals surface area (Å²) in [4.78, 5) is 18.4. The van der Waals surface area contributed by atoms with Gasteiger partial charge in [0.25, 0.3) is 5.91 Å². The number of aromatic nitrogens is 2. The molecule has 0 unspecified atom stereocenters. The fourth-order valence-corrected chi connectivity index (χ4v) is 3.05. The zero-order chi connectivity index (χ0) is 17.1. The van der Waals surface area contributed by atoms with Gasteiger partial charge in [0, 0.05) is 16.8 Å². The van der Waals surface area contributed by atoms with Crippen molar-refractivity contribution in [2.45, 2.75) is 18.7 Å². The Kier molecular flexibility index (Phi) is 4.76. The normalized spacial score (nSPS) is 10.8. The Morgan fingerprint density at radius 3 is 2.92 bits per heavy atom. The second-order valence-corrected chi connectivity index (χ2v) is 6.11. The molecular formula is C18H19N3O2S. The monoisotopic (exact) mass is 341 g/mol. The van der Waals surface area contributed by atoms with E-state index in [0.717, 1.165) is 10.6 Å². The Bertz CT molecular complexity index is 889. The minimum absolute atomic E-state index is 0.188. The van der Waals surface area contributed by atoms with E-state index in [1.54, 1.807) is 16.2 Å². The molecule has 0 aliphatic carbocycles. The second-order valence-electron chi connectivity index (χ2n) is 5.23. The number of benzene rings is 1. The first-order valence-corrected chi connectivity index (χ1v) is 8.92. The predicted molar refractivity (Wildman–Crippen MR) is 97.3 cm³/mol. The molecule has 2 heterocycles. The van der Waals surface area contributed by atoms with Crippen molar-refractivity contribution in [2.24, 2.45) is 0 Å². The third-order valence-electron chi connectivity index (χ3n) is 3.63. The van der Waals surface area contributed by atoms with Crippen LogP contribution in [0.1, 0.15) is 23.1 Å². The summed E-state index contributed by atoms with van der Waals surface area (Å²) in [5, 5.41) is 2.95. The van der Waals surface area contributed by atoms with Crippen LogP contribution in [-0.2, 0) is 0 Å². The van der Waals surface area contributed by atoms with Crippen molar-refractivity contribution in [3.63, 3.8) is 0 Å². The lowest BCUT2D eigenvalue weighted by Gasteiger charge is -2.08. The van der Waals surface area contributed by atoms with Crippen molar-refractivity contribution in [1.82, 2.24) is 9.38 Å². The number of nitrogens with one attached hydrogen (secondary N) is 1. The van der Waals surface area contributed by atoms with E-state index < -0.39 is 0 Å². The number of amides is 1. The predicted octanol–water partition coefficient (Wildman–Crippen LogP) is 4.02. The highest BCUT2D eigenvalue weighted by molar-refractivity contribution is 7.98. The number of pyridine rings is 1. The molecule has 5 nitrogen and oxygen atoms in total. The maximum Gasteiger partial charge on any atom is 0.274 e. The minimum atomic E-state index is -0.188. The number of ether oxygens (including phenoxy) is 1. The average Bonchev–Trinajstić information content (AvgIpc) is 2.92. The molecule has 0 atom stereocenters. The van der Waals surface area contributed by atoms with Crippen LogP contribution < -0.4 is 10.1 Å². The van der Waals surface area contributed by atoms with Crippen LogP contribution in [0.5, 0.6) is 5.75 Å². The molecule has 124 valence electrons. The molecule has 6 heteroatoms. The molecular weight excluding hydrogens is 322 g/mol. The number of aryl methyl sites for hydroxylation is 1. The van der Waals surface area contributed by atoms with Crippen molar-refractivity contribution in [2.75, 3.05) is 18.2 Å². The van der Waals surface area contributed by atoms with E-state index in [1.165, 1.54) is 0 Å². The van der Waals surface area contributed by atoms with Gasteiger partial charge in [-0.15, -0.1) is 11.8 Å². The highest BCUT2D eigenvalue weighted by atomic mass is 32.2. The van der Waals surface area contributed by atoms with Gasteiger partial charge in [0.1, 0.15) is 5.69 Å². The van der Waals surface area contributed by atoms with Gasteiger partial charge in [0.15, 0.2) is 11.4 Å². The molecule has 0 saturated heterocycles. The number of fused-ring (bicyclic) bond motifs is 1. The first kappa shape index (κ1) is 16.4. The van der Waals surface area contributed by atoms with Gasteiger partial charge < -0.3 is 10.1 Å². The third kappa shape index (κ3) is 3.10. The number of carbonyl (C=O) groups is 1. The summed E-state index contributed by atoms with van der Waals surface area (Å²) in [5.74, 6) is 0.485. The highest BCUT2D eigenvalue weighted by Crippen LogP contribution is 2.24. The number of thioether (sulfide) groups is 1. The van der Waals surface area contributed by atoms with Crippen molar-refractivity contribution >= 4 is 29.0 Å². The summed E-state index contributed by atoms with van der Waals surface area (Å²) in [6, 6.07) is 11.5. The number of carbonyl (C=O) groups excluding carboxylic acids is 1. The molecule has 24 heavy (non-hydrogen) atoms. The number of hydrogen-bond acceptors (Lipinski definition) is 4. The molecule has 3 rings (SSSR count). The summed E-state index contributed by atoms with van der Waals surface area (Å²) in [6.45, 7) is 4.30. The Morgan fingerprint density at radius 2 is 2.17 bits per heavy atom. The summed E-state index contributed by atoms with van der Waals surface area (Å²) in [6.07, 6.45) is 3.83. The molecule has 1 aromatic carbocycles. The van der Waals surface area contributed by atoms with Gasteiger partial charge in [0.05, 0.1) is 12.3 Å². The second kappa shape index (κ2) is 6.97. The molecule has 0 saturated carbocycles. The first-order valence-electron chi connectivity index (χ1n) is 7.70. The molecule has 0 radical (unpaired) electrons. The van der Waals surface area contributed by atoms with Crippen LogP contribution in [-0.4, -0.2) is 28.2 Å². The highest BCUT2D eigenvalue weighted by Gasteiger charge is 2.19. The zero-order valence-electron chi connectivity index (χ0n) is 13.9. The number of imidazole rings is 1. The largest absolute Gasteiger partial charge is 0.490 e. The lowest BCUT2D eigenvalue weighted by molar-refractivity contribution is 0.102. The first-order chi connectivity index (χ1) is 11.6. The molecule has 0 aliphatic rings. The summed E-state index contributed by atoms with van der Waals surface area (Å²) >= 11 is 1.64. The topological polar surface area (TPSA) is 55.6 Å². The lowest BCUT2D eigenvalue weighted by Crippen LogP contribution is -2.15. The summed E-state index contributed by atoms with van der Waals surface area (Å²) < 4.78 is 7.37. The van der Waals surface area contributed by atoms with Crippen LogP contribution in [0.25, 0.3) is 5.65 Å². The fraction of sp³-hybridized carbons (Fsp3) is 0.222. The summed E-state index contributed by atoms with van der Waals surface area (Å²) in [5.41, 5.74) is 2.60. The minimum Gasteiger partial charge on any atom is -0.490 e. The maximum absolute atomic E-state index is 12.8. The molecule has 1 N–H and O–H groups in total. The van der Waals surface area contributed by atoms with E-state index >= 15 is 0 Å².